The second kappa shape index (κ2) is 4.99. The first-order chi connectivity index (χ1) is 8.91. The normalized spacial score (nSPS) is 13.2. The molecule has 0 spiro atoms. The third kappa shape index (κ3) is 2.73. The number of alkyl halides is 6. The monoisotopic (exact) mass is 299 g/mol. The Balaban J connectivity index is 3.19. The van der Waals surface area contributed by atoms with Gasteiger partial charge in [-0.1, -0.05) is 18.2 Å². The van der Waals surface area contributed by atoms with Gasteiger partial charge in [0.2, 0.25) is 11.3 Å². The average molecular weight is 299 g/mol. The highest BCUT2D eigenvalue weighted by Gasteiger charge is 2.72. The van der Waals surface area contributed by atoms with Crippen molar-refractivity contribution in [2.24, 2.45) is 5.41 Å². The summed E-state index contributed by atoms with van der Waals surface area (Å²) in [7, 11) is 0. The number of nitrogens with one attached hydrogen (secondary N) is 1. The second-order valence-corrected chi connectivity index (χ2v) is 4.39. The smallest absolute Gasteiger partial charge is 0.325 e. The number of carbonyl (C=O) groups is 1. The SMILES string of the molecule is Cc1ccccc1NC(=O)C(C)(C(F)(F)F)C(F)(F)F. The van der Waals surface area contributed by atoms with Crippen molar-refractivity contribution >= 4 is 11.6 Å². The van der Waals surface area contributed by atoms with Gasteiger partial charge in [-0.2, -0.15) is 26.3 Å². The third-order valence-electron chi connectivity index (χ3n) is 2.98. The van der Waals surface area contributed by atoms with Gasteiger partial charge in [-0.15, -0.1) is 0 Å². The Bertz CT molecular complexity index is 491. The predicted molar refractivity (Wildman–Crippen MR) is 60.0 cm³/mol. The standard InChI is InChI=1S/C12H11F6NO/c1-7-5-3-4-6-8(7)19-9(20)10(2,11(13,14)15)12(16,17)18/h3-6H,1-2H3,(H,19,20). The lowest BCUT2D eigenvalue weighted by atomic mass is 9.87. The molecular weight excluding hydrogens is 288 g/mol. The molecule has 1 amide bonds. The third-order valence-corrected chi connectivity index (χ3v) is 2.98. The van der Waals surface area contributed by atoms with Gasteiger partial charge in [0.25, 0.3) is 0 Å². The van der Waals surface area contributed by atoms with Crippen molar-refractivity contribution in [2.75, 3.05) is 5.32 Å². The van der Waals surface area contributed by atoms with Crippen LogP contribution in [-0.4, -0.2) is 18.3 Å². The van der Waals surface area contributed by atoms with E-state index in [0.29, 0.717) is 5.56 Å². The highest BCUT2D eigenvalue weighted by molar-refractivity contribution is 5.96. The fourth-order valence-electron chi connectivity index (χ4n) is 1.38. The Labute approximate surface area is 110 Å². The van der Waals surface area contributed by atoms with Crippen LogP contribution < -0.4 is 5.32 Å². The fraction of sp³-hybridized carbons (Fsp3) is 0.417. The molecule has 0 bridgehead atoms. The van der Waals surface area contributed by atoms with Crippen LogP contribution >= 0.6 is 0 Å². The van der Waals surface area contributed by atoms with Crippen molar-refractivity contribution in [1.29, 1.82) is 0 Å². The largest absolute Gasteiger partial charge is 0.411 e. The van der Waals surface area contributed by atoms with Crippen LogP contribution in [0.25, 0.3) is 0 Å². The Morgan fingerprint density at radius 3 is 1.85 bits per heavy atom. The predicted octanol–water partition coefficient (Wildman–Crippen LogP) is 4.06. The van der Waals surface area contributed by atoms with Gasteiger partial charge >= 0.3 is 12.4 Å². The number of carbonyl (C=O) groups excluding carboxylic acids is 1. The van der Waals surface area contributed by atoms with E-state index in [9.17, 15) is 31.1 Å². The van der Waals surface area contributed by atoms with Crippen molar-refractivity contribution in [3.63, 3.8) is 0 Å². The van der Waals surface area contributed by atoms with Gasteiger partial charge in [0.15, 0.2) is 0 Å². The molecule has 0 fully saturated rings. The van der Waals surface area contributed by atoms with Gasteiger partial charge < -0.3 is 5.32 Å². The summed E-state index contributed by atoms with van der Waals surface area (Å²) in [5.41, 5.74) is -4.22. The molecule has 0 aliphatic heterocycles. The quantitative estimate of drug-likeness (QED) is 0.820. The molecule has 0 unspecified atom stereocenters. The molecule has 112 valence electrons. The minimum absolute atomic E-state index is 0.0998. The van der Waals surface area contributed by atoms with Gasteiger partial charge in [0.05, 0.1) is 0 Å². The molecule has 20 heavy (non-hydrogen) atoms. The van der Waals surface area contributed by atoms with Crippen molar-refractivity contribution in [1.82, 2.24) is 0 Å². The van der Waals surface area contributed by atoms with Gasteiger partial charge in [0.1, 0.15) is 0 Å². The summed E-state index contributed by atoms with van der Waals surface area (Å²) in [4.78, 5) is 11.5. The zero-order valence-corrected chi connectivity index (χ0v) is 10.5. The first-order valence-electron chi connectivity index (χ1n) is 5.42. The van der Waals surface area contributed by atoms with E-state index in [1.54, 1.807) is 5.32 Å². The lowest BCUT2D eigenvalue weighted by Crippen LogP contribution is -2.55. The first-order valence-corrected chi connectivity index (χ1v) is 5.42. The number of amides is 1. The summed E-state index contributed by atoms with van der Waals surface area (Å²) in [5.74, 6) is -2.16. The van der Waals surface area contributed by atoms with Crippen LogP contribution in [0.15, 0.2) is 24.3 Å². The molecule has 0 saturated carbocycles. The van der Waals surface area contributed by atoms with Crippen LogP contribution in [0.4, 0.5) is 32.0 Å². The summed E-state index contributed by atoms with van der Waals surface area (Å²) in [6, 6.07) is 5.60. The van der Waals surface area contributed by atoms with Gasteiger partial charge in [-0.25, -0.2) is 0 Å². The van der Waals surface area contributed by atoms with E-state index in [4.69, 9.17) is 0 Å². The van der Waals surface area contributed by atoms with Crippen molar-refractivity contribution < 1.29 is 31.1 Å². The molecule has 0 aliphatic rings. The number of hydrogen-bond donors (Lipinski definition) is 1. The molecule has 1 N–H and O–H groups in total. The van der Waals surface area contributed by atoms with Gasteiger partial charge in [-0.3, -0.25) is 4.79 Å². The number of rotatable bonds is 2. The number of aryl methyl sites for hydroxylation is 1. The van der Waals surface area contributed by atoms with Crippen LogP contribution in [0.3, 0.4) is 0 Å². The summed E-state index contributed by atoms with van der Waals surface area (Å²) in [6.45, 7) is 1.27. The van der Waals surface area contributed by atoms with Crippen molar-refractivity contribution in [3.8, 4) is 0 Å². The van der Waals surface area contributed by atoms with Crippen LogP contribution in [0, 0.1) is 12.3 Å². The van der Waals surface area contributed by atoms with Crippen LogP contribution in [0.5, 0.6) is 0 Å². The molecule has 0 aliphatic carbocycles. The topological polar surface area (TPSA) is 29.1 Å². The molecule has 0 aromatic heterocycles. The Morgan fingerprint density at radius 1 is 1.00 bits per heavy atom. The molecule has 0 saturated heterocycles. The molecule has 2 nitrogen and oxygen atoms in total. The first kappa shape index (κ1) is 16.3. The highest BCUT2D eigenvalue weighted by atomic mass is 19.4. The van der Waals surface area contributed by atoms with Crippen LogP contribution in [0.2, 0.25) is 0 Å². The molecule has 1 aromatic rings. The molecule has 1 rings (SSSR count). The van der Waals surface area contributed by atoms with E-state index in [1.165, 1.54) is 31.2 Å². The number of anilines is 1. The van der Waals surface area contributed by atoms with Crippen LogP contribution in [0.1, 0.15) is 12.5 Å². The number of hydrogen-bond acceptors (Lipinski definition) is 1. The van der Waals surface area contributed by atoms with E-state index < -0.39 is 23.7 Å². The number of benzene rings is 1. The zero-order chi connectivity index (χ0) is 15.8. The van der Waals surface area contributed by atoms with E-state index in [2.05, 4.69) is 0 Å². The average Bonchev–Trinajstić information content (AvgIpc) is 2.28. The number of halogens is 6. The number of para-hydroxylation sites is 1. The Morgan fingerprint density at radius 2 is 1.45 bits per heavy atom. The van der Waals surface area contributed by atoms with E-state index >= 15 is 0 Å². The molecular formula is C12H11F6NO. The summed E-state index contributed by atoms with van der Waals surface area (Å²) in [6.07, 6.45) is -11.5. The maximum Gasteiger partial charge on any atom is 0.411 e. The minimum atomic E-state index is -5.75. The molecule has 0 radical (unpaired) electrons. The van der Waals surface area contributed by atoms with Crippen molar-refractivity contribution in [3.05, 3.63) is 29.8 Å². The molecule has 0 heterocycles. The second-order valence-electron chi connectivity index (χ2n) is 4.39. The van der Waals surface area contributed by atoms with Gasteiger partial charge in [0, 0.05) is 5.69 Å². The maximum atomic E-state index is 12.7. The van der Waals surface area contributed by atoms with Gasteiger partial charge in [-0.05, 0) is 25.5 Å². The lowest BCUT2D eigenvalue weighted by Gasteiger charge is -2.32. The summed E-state index contributed by atoms with van der Waals surface area (Å²) in [5, 5.41) is 1.68. The van der Waals surface area contributed by atoms with E-state index in [0.717, 1.165) is 0 Å². The Hall–Kier alpha value is -1.73. The zero-order valence-electron chi connectivity index (χ0n) is 10.5. The summed E-state index contributed by atoms with van der Waals surface area (Å²) >= 11 is 0. The lowest BCUT2D eigenvalue weighted by molar-refractivity contribution is -0.317. The Kier molecular flexibility index (Phi) is 4.07. The summed E-state index contributed by atoms with van der Waals surface area (Å²) < 4.78 is 76.0. The van der Waals surface area contributed by atoms with Crippen LogP contribution in [-0.2, 0) is 4.79 Å². The maximum absolute atomic E-state index is 12.7. The van der Waals surface area contributed by atoms with E-state index in [1.807, 2.05) is 0 Å². The fourth-order valence-corrected chi connectivity index (χ4v) is 1.38. The molecule has 8 heteroatoms. The minimum Gasteiger partial charge on any atom is -0.325 e. The highest BCUT2D eigenvalue weighted by Crippen LogP contribution is 2.50. The molecule has 1 aromatic carbocycles. The molecule has 0 atom stereocenters. The van der Waals surface area contributed by atoms with Crippen molar-refractivity contribution in [2.45, 2.75) is 26.2 Å². The van der Waals surface area contributed by atoms with E-state index in [-0.39, 0.29) is 12.6 Å².